The number of hydrogen-bond donors (Lipinski definition) is 1. The van der Waals surface area contributed by atoms with Crippen molar-refractivity contribution in [3.63, 3.8) is 0 Å². The van der Waals surface area contributed by atoms with Crippen LogP contribution in [0.3, 0.4) is 0 Å². The number of aromatic nitrogens is 5. The maximum absolute atomic E-state index is 13.3. The largest absolute Gasteiger partial charge is 0.337 e. The van der Waals surface area contributed by atoms with Gasteiger partial charge in [0.15, 0.2) is 0 Å². The molecule has 1 aromatic carbocycles. The van der Waals surface area contributed by atoms with Crippen molar-refractivity contribution in [3.05, 3.63) is 72.3 Å². The maximum atomic E-state index is 13.3. The zero-order valence-corrected chi connectivity index (χ0v) is 14.8. The molecule has 1 amide bonds. The molecule has 3 aromatic heterocycles. The van der Waals surface area contributed by atoms with E-state index >= 15 is 0 Å². The summed E-state index contributed by atoms with van der Waals surface area (Å²) in [6.45, 7) is 1.92. The summed E-state index contributed by atoms with van der Waals surface area (Å²) in [7, 11) is 0. The number of anilines is 1. The minimum atomic E-state index is -0.461. The summed E-state index contributed by atoms with van der Waals surface area (Å²) in [5, 5.41) is 14.2. The van der Waals surface area contributed by atoms with E-state index in [1.54, 1.807) is 34.9 Å². The predicted molar refractivity (Wildman–Crippen MR) is 98.4 cm³/mol. The van der Waals surface area contributed by atoms with E-state index in [9.17, 15) is 9.18 Å². The lowest BCUT2D eigenvalue weighted by atomic mass is 10.0. The number of pyridine rings is 1. The van der Waals surface area contributed by atoms with E-state index in [4.69, 9.17) is 4.52 Å². The number of amides is 1. The van der Waals surface area contributed by atoms with Gasteiger partial charge in [0, 0.05) is 0 Å². The Morgan fingerprint density at radius 3 is 2.61 bits per heavy atom. The SMILES string of the molecule is CCc1noc(NC(=O)c2cccc(-n3cnnc3)n2)c1-c1ccc(F)cc1. The Balaban J connectivity index is 1.65. The number of rotatable bonds is 5. The van der Waals surface area contributed by atoms with E-state index in [1.807, 2.05) is 6.92 Å². The standard InChI is InChI=1S/C19H15FN6O2/c1-2-14-17(12-6-8-13(20)9-7-12)19(28-25-14)24-18(27)15-4-3-5-16(23-15)26-10-21-22-11-26/h3-11H,2H2,1H3,(H,24,27). The van der Waals surface area contributed by atoms with Gasteiger partial charge in [0.2, 0.25) is 5.88 Å². The predicted octanol–water partition coefficient (Wildman–Crippen LogP) is 3.27. The number of halogens is 1. The highest BCUT2D eigenvalue weighted by atomic mass is 19.1. The number of benzene rings is 1. The Bertz CT molecular complexity index is 1110. The molecule has 3 heterocycles. The van der Waals surface area contributed by atoms with Crippen LogP contribution in [0.25, 0.3) is 16.9 Å². The van der Waals surface area contributed by atoms with Crippen LogP contribution in [-0.4, -0.2) is 30.8 Å². The second-order valence-corrected chi connectivity index (χ2v) is 5.90. The molecular formula is C19H15FN6O2. The van der Waals surface area contributed by atoms with E-state index in [0.29, 0.717) is 29.1 Å². The van der Waals surface area contributed by atoms with Crippen molar-refractivity contribution in [1.29, 1.82) is 0 Å². The normalized spacial score (nSPS) is 10.8. The Morgan fingerprint density at radius 2 is 1.89 bits per heavy atom. The van der Waals surface area contributed by atoms with Crippen molar-refractivity contribution >= 4 is 11.8 Å². The lowest BCUT2D eigenvalue weighted by Gasteiger charge is -2.07. The first kappa shape index (κ1) is 17.5. The number of hydrogen-bond acceptors (Lipinski definition) is 6. The zero-order valence-electron chi connectivity index (χ0n) is 14.8. The molecule has 0 fully saturated rings. The molecule has 0 saturated carbocycles. The molecule has 0 bridgehead atoms. The van der Waals surface area contributed by atoms with Crippen molar-refractivity contribution < 1.29 is 13.7 Å². The van der Waals surface area contributed by atoms with Crippen molar-refractivity contribution in [1.82, 2.24) is 24.9 Å². The number of nitrogens with zero attached hydrogens (tertiary/aromatic N) is 5. The first-order valence-corrected chi connectivity index (χ1v) is 8.53. The van der Waals surface area contributed by atoms with E-state index in [2.05, 4.69) is 25.7 Å². The van der Waals surface area contributed by atoms with Gasteiger partial charge in [-0.1, -0.05) is 30.3 Å². The van der Waals surface area contributed by atoms with Gasteiger partial charge in [0.25, 0.3) is 5.91 Å². The third-order valence-corrected chi connectivity index (χ3v) is 4.11. The Morgan fingerprint density at radius 1 is 1.14 bits per heavy atom. The van der Waals surface area contributed by atoms with Crippen LogP contribution < -0.4 is 5.32 Å². The average Bonchev–Trinajstić information content (AvgIpc) is 3.39. The van der Waals surface area contributed by atoms with Crippen LogP contribution in [0.2, 0.25) is 0 Å². The van der Waals surface area contributed by atoms with Gasteiger partial charge >= 0.3 is 0 Å². The second kappa shape index (κ2) is 7.39. The van der Waals surface area contributed by atoms with E-state index in [0.717, 1.165) is 0 Å². The van der Waals surface area contributed by atoms with E-state index in [-0.39, 0.29) is 17.4 Å². The summed E-state index contributed by atoms with van der Waals surface area (Å²) in [6.07, 6.45) is 3.56. The molecule has 4 rings (SSSR count). The Kier molecular flexibility index (Phi) is 4.63. The van der Waals surface area contributed by atoms with Crippen molar-refractivity contribution in [3.8, 4) is 16.9 Å². The van der Waals surface area contributed by atoms with Gasteiger partial charge in [-0.15, -0.1) is 10.2 Å². The van der Waals surface area contributed by atoms with Gasteiger partial charge in [-0.3, -0.25) is 14.7 Å². The van der Waals surface area contributed by atoms with Crippen LogP contribution >= 0.6 is 0 Å². The van der Waals surface area contributed by atoms with E-state index < -0.39 is 5.91 Å². The number of carbonyl (C=O) groups is 1. The van der Waals surface area contributed by atoms with Crippen LogP contribution in [0.1, 0.15) is 23.1 Å². The maximum Gasteiger partial charge on any atom is 0.276 e. The summed E-state index contributed by atoms with van der Waals surface area (Å²) in [5.74, 6) is -0.121. The molecule has 0 spiro atoms. The molecule has 0 aliphatic carbocycles. The van der Waals surface area contributed by atoms with Gasteiger partial charge in [-0.05, 0) is 36.2 Å². The highest BCUT2D eigenvalue weighted by molar-refractivity contribution is 6.04. The molecule has 1 N–H and O–H groups in total. The molecule has 0 aliphatic heterocycles. The van der Waals surface area contributed by atoms with Crippen LogP contribution in [0.15, 0.2) is 59.6 Å². The first-order valence-electron chi connectivity index (χ1n) is 8.53. The van der Waals surface area contributed by atoms with Crippen LogP contribution in [0.5, 0.6) is 0 Å². The topological polar surface area (TPSA) is 98.7 Å². The minimum absolute atomic E-state index is 0.185. The highest BCUT2D eigenvalue weighted by Gasteiger charge is 2.20. The fourth-order valence-electron chi connectivity index (χ4n) is 2.74. The second-order valence-electron chi connectivity index (χ2n) is 5.90. The summed E-state index contributed by atoms with van der Waals surface area (Å²) in [6, 6.07) is 10.9. The summed E-state index contributed by atoms with van der Waals surface area (Å²) in [4.78, 5) is 17.0. The molecule has 9 heteroatoms. The number of nitrogens with one attached hydrogen (secondary N) is 1. The molecule has 0 unspecified atom stereocenters. The Hall–Kier alpha value is -3.88. The van der Waals surface area contributed by atoms with Crippen LogP contribution in [-0.2, 0) is 6.42 Å². The number of aryl methyl sites for hydroxylation is 1. The van der Waals surface area contributed by atoms with Crippen molar-refractivity contribution in [2.75, 3.05) is 5.32 Å². The van der Waals surface area contributed by atoms with Crippen molar-refractivity contribution in [2.24, 2.45) is 0 Å². The molecule has 0 saturated heterocycles. The molecule has 0 aliphatic rings. The lowest BCUT2D eigenvalue weighted by Crippen LogP contribution is -2.14. The van der Waals surface area contributed by atoms with Gasteiger partial charge in [-0.2, -0.15) is 0 Å². The van der Waals surface area contributed by atoms with Crippen molar-refractivity contribution in [2.45, 2.75) is 13.3 Å². The molecular weight excluding hydrogens is 363 g/mol. The average molecular weight is 378 g/mol. The van der Waals surface area contributed by atoms with Crippen LogP contribution in [0.4, 0.5) is 10.3 Å². The highest BCUT2D eigenvalue weighted by Crippen LogP contribution is 2.32. The van der Waals surface area contributed by atoms with Gasteiger partial charge < -0.3 is 4.52 Å². The summed E-state index contributed by atoms with van der Waals surface area (Å²) >= 11 is 0. The van der Waals surface area contributed by atoms with Crippen LogP contribution in [0, 0.1) is 5.82 Å². The minimum Gasteiger partial charge on any atom is -0.337 e. The molecule has 0 radical (unpaired) electrons. The van der Waals surface area contributed by atoms with E-state index in [1.165, 1.54) is 24.8 Å². The smallest absolute Gasteiger partial charge is 0.276 e. The quantitative estimate of drug-likeness (QED) is 0.572. The summed E-state index contributed by atoms with van der Waals surface area (Å²) < 4.78 is 20.2. The lowest BCUT2D eigenvalue weighted by molar-refractivity contribution is 0.101. The molecule has 140 valence electrons. The molecule has 0 atom stereocenters. The monoisotopic (exact) mass is 378 g/mol. The first-order chi connectivity index (χ1) is 13.7. The fraction of sp³-hybridized carbons (Fsp3) is 0.105. The third-order valence-electron chi connectivity index (χ3n) is 4.11. The fourth-order valence-corrected chi connectivity index (χ4v) is 2.74. The van der Waals surface area contributed by atoms with Gasteiger partial charge in [0.1, 0.15) is 30.0 Å². The summed E-state index contributed by atoms with van der Waals surface area (Å²) in [5.41, 5.74) is 2.16. The van der Waals surface area contributed by atoms with Gasteiger partial charge in [0.05, 0.1) is 11.3 Å². The Labute approximate surface area is 159 Å². The molecule has 8 nitrogen and oxygen atoms in total. The molecule has 4 aromatic rings. The van der Waals surface area contributed by atoms with Gasteiger partial charge in [-0.25, -0.2) is 9.37 Å². The zero-order chi connectivity index (χ0) is 19.5. The number of carbonyl (C=O) groups excluding carboxylic acids is 1. The third kappa shape index (κ3) is 3.37. The molecule has 28 heavy (non-hydrogen) atoms.